The van der Waals surface area contributed by atoms with Crippen LogP contribution in [0.4, 0.5) is 4.39 Å². The van der Waals surface area contributed by atoms with Crippen LogP contribution in [0.5, 0.6) is 0 Å². The monoisotopic (exact) mass is 423 g/mol. The van der Waals surface area contributed by atoms with Gasteiger partial charge in [-0.3, -0.25) is 4.79 Å². The molecule has 3 rings (SSSR count). The molecule has 1 aromatic carbocycles. The molecular weight excluding hydrogens is 393 g/mol. The van der Waals surface area contributed by atoms with Gasteiger partial charge >= 0.3 is 5.97 Å². The molecule has 0 amide bonds. The Hall–Kier alpha value is -1.73. The molecule has 1 atom stereocenters. The zero-order chi connectivity index (χ0) is 20.9. The van der Waals surface area contributed by atoms with Gasteiger partial charge in [0.1, 0.15) is 5.82 Å². The van der Waals surface area contributed by atoms with Crippen molar-refractivity contribution < 1.29 is 22.3 Å². The predicted octanol–water partition coefficient (Wildman–Crippen LogP) is 3.74. The number of carbonyl (C=O) groups excluding carboxylic acids is 1. The molecule has 1 saturated heterocycles. The highest BCUT2D eigenvalue weighted by Gasteiger charge is 2.48. The van der Waals surface area contributed by atoms with Crippen LogP contribution in [0.2, 0.25) is 0 Å². The van der Waals surface area contributed by atoms with E-state index in [0.29, 0.717) is 31.8 Å². The molecule has 0 aromatic heterocycles. The molecule has 1 aromatic rings. The lowest BCUT2D eigenvalue weighted by Crippen LogP contribution is -2.51. The van der Waals surface area contributed by atoms with Gasteiger partial charge < -0.3 is 9.64 Å². The van der Waals surface area contributed by atoms with Gasteiger partial charge in [-0.2, -0.15) is 0 Å². The third kappa shape index (κ3) is 5.07. The van der Waals surface area contributed by atoms with Gasteiger partial charge in [0.25, 0.3) is 0 Å². The summed E-state index contributed by atoms with van der Waals surface area (Å²) in [6.07, 6.45) is 8.34. The molecule has 29 heavy (non-hydrogen) atoms. The van der Waals surface area contributed by atoms with Crippen LogP contribution in [-0.2, 0) is 19.4 Å². The minimum absolute atomic E-state index is 0.0640. The topological polar surface area (TPSA) is 63.7 Å². The van der Waals surface area contributed by atoms with Crippen molar-refractivity contribution in [2.45, 2.75) is 55.1 Å². The van der Waals surface area contributed by atoms with Gasteiger partial charge in [0.2, 0.25) is 0 Å². The van der Waals surface area contributed by atoms with Gasteiger partial charge in [0.05, 0.1) is 22.7 Å². The average molecular weight is 424 g/mol. The smallest absolute Gasteiger partial charge is 0.307 e. The van der Waals surface area contributed by atoms with Gasteiger partial charge in [-0.1, -0.05) is 12.2 Å². The Bertz CT molecular complexity index is 827. The van der Waals surface area contributed by atoms with Gasteiger partial charge in [0.15, 0.2) is 9.84 Å². The minimum atomic E-state index is -3.82. The number of ether oxygens (including phenoxy) is 1. The molecule has 1 aliphatic carbocycles. The number of piperidine rings is 1. The highest BCUT2D eigenvalue weighted by Crippen LogP contribution is 2.39. The van der Waals surface area contributed by atoms with E-state index in [2.05, 4.69) is 17.1 Å². The van der Waals surface area contributed by atoms with Crippen molar-refractivity contribution in [2.24, 2.45) is 5.92 Å². The minimum Gasteiger partial charge on any atom is -0.466 e. The standard InChI is InChI=1S/C22H30FNO4S/c1-2-28-21(25)16-22(29(26,27)20-10-8-19(23)9-11-20)12-14-24(15-13-22)17-18-6-4-3-5-7-18/h3-4,8-11,18H,2,5-7,12-17H2,1H3. The quantitative estimate of drug-likeness (QED) is 0.380. The molecule has 1 unspecified atom stereocenters. The van der Waals surface area contributed by atoms with E-state index in [1.54, 1.807) is 6.92 Å². The third-order valence-corrected chi connectivity index (χ3v) is 8.71. The average Bonchev–Trinajstić information content (AvgIpc) is 2.71. The third-order valence-electron chi connectivity index (χ3n) is 6.13. The Morgan fingerprint density at radius 3 is 2.48 bits per heavy atom. The number of halogens is 1. The molecule has 7 heteroatoms. The molecule has 0 saturated carbocycles. The van der Waals surface area contributed by atoms with Crippen molar-refractivity contribution >= 4 is 15.8 Å². The largest absolute Gasteiger partial charge is 0.466 e. The summed E-state index contributed by atoms with van der Waals surface area (Å²) in [6.45, 7) is 4.13. The van der Waals surface area contributed by atoms with Gasteiger partial charge in [-0.15, -0.1) is 0 Å². The van der Waals surface area contributed by atoms with Crippen molar-refractivity contribution in [3.8, 4) is 0 Å². The predicted molar refractivity (Wildman–Crippen MR) is 110 cm³/mol. The highest BCUT2D eigenvalue weighted by atomic mass is 32.2. The van der Waals surface area contributed by atoms with Crippen molar-refractivity contribution in [1.82, 2.24) is 4.90 Å². The maximum atomic E-state index is 13.5. The zero-order valence-electron chi connectivity index (χ0n) is 17.0. The zero-order valence-corrected chi connectivity index (χ0v) is 17.8. The Labute approximate surface area is 172 Å². The van der Waals surface area contributed by atoms with Crippen LogP contribution < -0.4 is 0 Å². The number of allylic oxidation sites excluding steroid dienone is 2. The van der Waals surface area contributed by atoms with Gasteiger partial charge in [0, 0.05) is 6.54 Å². The van der Waals surface area contributed by atoms with Crippen LogP contribution in [0, 0.1) is 11.7 Å². The summed E-state index contributed by atoms with van der Waals surface area (Å²) < 4.78 is 44.2. The molecule has 0 bridgehead atoms. The summed E-state index contributed by atoms with van der Waals surface area (Å²) in [4.78, 5) is 14.7. The molecule has 0 spiro atoms. The van der Waals surface area contributed by atoms with Crippen LogP contribution in [-0.4, -0.2) is 50.3 Å². The van der Waals surface area contributed by atoms with Crippen LogP contribution >= 0.6 is 0 Å². The highest BCUT2D eigenvalue weighted by molar-refractivity contribution is 7.92. The van der Waals surface area contributed by atoms with E-state index in [1.165, 1.54) is 12.1 Å². The van der Waals surface area contributed by atoms with Crippen LogP contribution in [0.15, 0.2) is 41.3 Å². The summed E-state index contributed by atoms with van der Waals surface area (Å²) in [6, 6.07) is 4.88. The molecule has 1 aliphatic heterocycles. The van der Waals surface area contributed by atoms with Gasteiger partial charge in [-0.05, 0) is 82.3 Å². The van der Waals surface area contributed by atoms with Crippen molar-refractivity contribution in [2.75, 3.05) is 26.2 Å². The van der Waals surface area contributed by atoms with E-state index >= 15 is 0 Å². The SMILES string of the molecule is CCOC(=O)CC1(S(=O)(=O)c2ccc(F)cc2)CCN(CC2CC=CCC2)CC1. The number of hydrogen-bond donors (Lipinski definition) is 0. The van der Waals surface area contributed by atoms with Crippen LogP contribution in [0.25, 0.3) is 0 Å². The second kappa shape index (κ2) is 9.39. The fourth-order valence-electron chi connectivity index (χ4n) is 4.41. The number of rotatable bonds is 7. The van der Waals surface area contributed by atoms with E-state index in [1.807, 2.05) is 0 Å². The van der Waals surface area contributed by atoms with Crippen LogP contribution in [0.3, 0.4) is 0 Å². The molecule has 5 nitrogen and oxygen atoms in total. The van der Waals surface area contributed by atoms with E-state index in [4.69, 9.17) is 4.74 Å². The number of likely N-dealkylation sites (tertiary alicyclic amines) is 1. The second-order valence-corrected chi connectivity index (χ2v) is 10.4. The summed E-state index contributed by atoms with van der Waals surface area (Å²) in [7, 11) is -3.82. The summed E-state index contributed by atoms with van der Waals surface area (Å²) in [5.74, 6) is -0.380. The number of esters is 1. The van der Waals surface area contributed by atoms with Crippen molar-refractivity contribution in [1.29, 1.82) is 0 Å². The first-order chi connectivity index (χ1) is 13.9. The number of sulfone groups is 1. The Kier molecular flexibility index (Phi) is 7.11. The normalized spacial score (nSPS) is 22.3. The lowest BCUT2D eigenvalue weighted by molar-refractivity contribution is -0.144. The Balaban J connectivity index is 1.79. The molecule has 0 N–H and O–H groups in total. The van der Waals surface area contributed by atoms with E-state index < -0.39 is 26.4 Å². The molecule has 0 radical (unpaired) electrons. The number of carbonyl (C=O) groups is 1. The number of benzene rings is 1. The lowest BCUT2D eigenvalue weighted by atomic mass is 9.89. The number of hydrogen-bond acceptors (Lipinski definition) is 5. The molecule has 1 heterocycles. The Morgan fingerprint density at radius 1 is 1.21 bits per heavy atom. The van der Waals surface area contributed by atoms with E-state index in [9.17, 15) is 17.6 Å². The lowest BCUT2D eigenvalue weighted by Gasteiger charge is -2.41. The second-order valence-electron chi connectivity index (χ2n) is 8.07. The molecule has 160 valence electrons. The fourth-order valence-corrected chi connectivity index (χ4v) is 6.43. The first kappa shape index (κ1) is 22.0. The van der Waals surface area contributed by atoms with Crippen molar-refractivity contribution in [3.05, 3.63) is 42.2 Å². The number of nitrogens with zero attached hydrogens (tertiary/aromatic N) is 1. The summed E-state index contributed by atoms with van der Waals surface area (Å²) >= 11 is 0. The maximum absolute atomic E-state index is 13.5. The van der Waals surface area contributed by atoms with Gasteiger partial charge in [-0.25, -0.2) is 12.8 Å². The fraction of sp³-hybridized carbons (Fsp3) is 0.591. The molecule has 2 aliphatic rings. The maximum Gasteiger partial charge on any atom is 0.307 e. The van der Waals surface area contributed by atoms with E-state index in [-0.39, 0.29) is 17.9 Å². The molecular formula is C22H30FNO4S. The summed E-state index contributed by atoms with van der Waals surface area (Å²) in [5, 5.41) is 0. The Morgan fingerprint density at radius 2 is 1.90 bits per heavy atom. The van der Waals surface area contributed by atoms with E-state index in [0.717, 1.165) is 37.9 Å². The first-order valence-electron chi connectivity index (χ1n) is 10.4. The molecule has 1 fully saturated rings. The summed E-state index contributed by atoms with van der Waals surface area (Å²) in [5.41, 5.74) is 0. The van der Waals surface area contributed by atoms with Crippen molar-refractivity contribution in [3.63, 3.8) is 0 Å². The first-order valence-corrected chi connectivity index (χ1v) is 11.9. The van der Waals surface area contributed by atoms with Crippen LogP contribution in [0.1, 0.15) is 45.4 Å².